The van der Waals surface area contributed by atoms with Crippen molar-refractivity contribution in [3.05, 3.63) is 50.8 Å². The van der Waals surface area contributed by atoms with Crippen LogP contribution in [0.5, 0.6) is 0 Å². The molecule has 11 heteroatoms. The van der Waals surface area contributed by atoms with Gasteiger partial charge in [-0.25, -0.2) is 0 Å². The highest BCUT2D eigenvalue weighted by Crippen LogP contribution is 2.34. The lowest BCUT2D eigenvalue weighted by Gasteiger charge is -2.32. The molecule has 0 amide bonds. The molecule has 0 spiro atoms. The highest BCUT2D eigenvalue weighted by atomic mass is 35.5. The highest BCUT2D eigenvalue weighted by molar-refractivity contribution is 7.99. The molecular weight excluding hydrogens is 404 g/mol. The molecule has 0 unspecified atom stereocenters. The molecule has 0 aliphatic carbocycles. The van der Waals surface area contributed by atoms with Crippen LogP contribution in [0.25, 0.3) is 0 Å². The summed E-state index contributed by atoms with van der Waals surface area (Å²) in [6.07, 6.45) is 1.79. The van der Waals surface area contributed by atoms with Crippen molar-refractivity contribution in [1.29, 1.82) is 0 Å². The van der Waals surface area contributed by atoms with E-state index in [1.165, 1.54) is 24.1 Å². The number of anilines is 2. The summed E-state index contributed by atoms with van der Waals surface area (Å²) in [7, 11) is 0. The fraction of sp³-hybridized carbons (Fsp3) is 0.353. The van der Waals surface area contributed by atoms with E-state index in [2.05, 4.69) is 19.9 Å². The van der Waals surface area contributed by atoms with Gasteiger partial charge in [-0.2, -0.15) is 9.97 Å². The van der Waals surface area contributed by atoms with Crippen LogP contribution in [0.15, 0.2) is 29.3 Å². The number of ether oxygens (including phenoxy) is 1. The molecule has 0 radical (unpaired) electrons. The molecule has 28 heavy (non-hydrogen) atoms. The summed E-state index contributed by atoms with van der Waals surface area (Å²) in [5.41, 5.74) is 1.89. The zero-order valence-corrected chi connectivity index (χ0v) is 16.4. The molecule has 1 saturated heterocycles. The number of fused-ring (bicyclic) bond motifs is 1. The van der Waals surface area contributed by atoms with Gasteiger partial charge in [-0.3, -0.25) is 19.4 Å². The largest absolute Gasteiger partial charge is 0.378 e. The van der Waals surface area contributed by atoms with Crippen molar-refractivity contribution in [2.75, 3.05) is 42.2 Å². The van der Waals surface area contributed by atoms with E-state index in [-0.39, 0.29) is 11.0 Å². The van der Waals surface area contributed by atoms with Crippen LogP contribution in [0.2, 0.25) is 5.28 Å². The molecule has 3 heterocycles. The third kappa shape index (κ3) is 4.03. The second-order valence-electron chi connectivity index (χ2n) is 6.18. The molecule has 1 aromatic carbocycles. The number of hydrogen-bond acceptors (Lipinski definition) is 9. The number of nitro groups is 1. The number of nitrogens with zero attached hydrogens (tertiary/aromatic N) is 6. The van der Waals surface area contributed by atoms with Gasteiger partial charge in [0.2, 0.25) is 5.28 Å². The van der Waals surface area contributed by atoms with Gasteiger partial charge in [-0.1, -0.05) is 12.1 Å². The maximum atomic E-state index is 10.8. The summed E-state index contributed by atoms with van der Waals surface area (Å²) in [4.78, 5) is 25.8. The molecule has 2 aromatic rings. The maximum absolute atomic E-state index is 10.8. The SMILES string of the molecule is O=[N+]([O-])c1ccc(CSN2CN=Cc3c(N4CCOCC4)nc(Cl)nc32)cc1. The molecule has 0 bridgehead atoms. The van der Waals surface area contributed by atoms with Crippen molar-refractivity contribution < 1.29 is 9.66 Å². The van der Waals surface area contributed by atoms with E-state index in [9.17, 15) is 10.1 Å². The fourth-order valence-corrected chi connectivity index (χ4v) is 4.05. The van der Waals surface area contributed by atoms with Gasteiger partial charge in [0, 0.05) is 37.2 Å². The van der Waals surface area contributed by atoms with E-state index in [1.54, 1.807) is 18.3 Å². The van der Waals surface area contributed by atoms with Crippen LogP contribution in [-0.2, 0) is 10.5 Å². The van der Waals surface area contributed by atoms with Crippen molar-refractivity contribution in [2.45, 2.75) is 5.75 Å². The number of hydrogen-bond donors (Lipinski definition) is 0. The van der Waals surface area contributed by atoms with Gasteiger partial charge in [0.05, 0.1) is 23.7 Å². The number of rotatable bonds is 5. The van der Waals surface area contributed by atoms with Crippen molar-refractivity contribution in [1.82, 2.24) is 9.97 Å². The van der Waals surface area contributed by atoms with E-state index < -0.39 is 4.92 Å². The molecule has 146 valence electrons. The van der Waals surface area contributed by atoms with Crippen molar-refractivity contribution in [3.63, 3.8) is 0 Å². The van der Waals surface area contributed by atoms with Crippen LogP contribution in [0, 0.1) is 10.1 Å². The average Bonchev–Trinajstić information content (AvgIpc) is 2.72. The van der Waals surface area contributed by atoms with Crippen molar-refractivity contribution >= 4 is 47.1 Å². The van der Waals surface area contributed by atoms with Gasteiger partial charge >= 0.3 is 0 Å². The number of nitro benzene ring substituents is 1. The molecule has 1 fully saturated rings. The summed E-state index contributed by atoms with van der Waals surface area (Å²) in [6.45, 7) is 3.21. The Morgan fingerprint density at radius 3 is 2.61 bits per heavy atom. The fourth-order valence-electron chi connectivity index (χ4n) is 2.98. The smallest absolute Gasteiger partial charge is 0.269 e. The number of non-ortho nitro benzene ring substituents is 1. The zero-order chi connectivity index (χ0) is 19.5. The first-order chi connectivity index (χ1) is 13.6. The molecule has 1 aromatic heterocycles. The highest BCUT2D eigenvalue weighted by Gasteiger charge is 2.25. The predicted octanol–water partition coefficient (Wildman–Crippen LogP) is 2.92. The van der Waals surface area contributed by atoms with Crippen molar-refractivity contribution in [3.8, 4) is 0 Å². The standard InChI is InChI=1S/C17H17ClN6O3S/c18-17-20-15(22-5-7-27-8-6-22)14-9-19-11-23(16(14)21-17)28-10-12-1-3-13(4-2-12)24(25)26/h1-4,9H,5-8,10-11H2. The zero-order valence-electron chi connectivity index (χ0n) is 14.8. The van der Waals surface area contributed by atoms with E-state index in [4.69, 9.17) is 16.3 Å². The normalized spacial score (nSPS) is 16.2. The first-order valence-corrected chi connectivity index (χ1v) is 9.98. The lowest BCUT2D eigenvalue weighted by Crippen LogP contribution is -2.38. The Hall–Kier alpha value is -2.43. The van der Waals surface area contributed by atoms with Gasteiger partial charge in [0.15, 0.2) is 5.82 Å². The van der Waals surface area contributed by atoms with Crippen LogP contribution < -0.4 is 9.21 Å². The number of halogens is 1. The maximum Gasteiger partial charge on any atom is 0.269 e. The van der Waals surface area contributed by atoms with E-state index >= 15 is 0 Å². The third-order valence-electron chi connectivity index (χ3n) is 4.39. The third-order valence-corrected chi connectivity index (χ3v) is 5.62. The quantitative estimate of drug-likeness (QED) is 0.315. The molecular formula is C17H17ClN6O3S. The van der Waals surface area contributed by atoms with E-state index in [0.717, 1.165) is 35.9 Å². The predicted molar refractivity (Wildman–Crippen MR) is 109 cm³/mol. The van der Waals surface area contributed by atoms with Gasteiger partial charge in [0.25, 0.3) is 5.69 Å². The second-order valence-corrected chi connectivity index (χ2v) is 7.51. The van der Waals surface area contributed by atoms with Gasteiger partial charge in [-0.15, -0.1) is 0 Å². The number of benzene rings is 1. The Bertz CT molecular complexity index is 905. The van der Waals surface area contributed by atoms with Crippen LogP contribution in [0.1, 0.15) is 11.1 Å². The minimum Gasteiger partial charge on any atom is -0.378 e. The Kier molecular flexibility index (Phi) is 5.60. The Labute approximate surface area is 170 Å². The molecule has 2 aliphatic rings. The lowest BCUT2D eigenvalue weighted by atomic mass is 10.2. The summed E-state index contributed by atoms with van der Waals surface area (Å²) in [5.74, 6) is 2.12. The van der Waals surface area contributed by atoms with Crippen LogP contribution >= 0.6 is 23.5 Å². The average molecular weight is 421 g/mol. The summed E-state index contributed by atoms with van der Waals surface area (Å²) < 4.78 is 7.39. The first kappa shape index (κ1) is 18.9. The molecule has 0 atom stereocenters. The second kappa shape index (κ2) is 8.29. The number of aromatic nitrogens is 2. The minimum absolute atomic E-state index is 0.0799. The number of aliphatic imine (C=N–C) groups is 1. The van der Waals surface area contributed by atoms with Gasteiger partial charge in [-0.05, 0) is 29.1 Å². The van der Waals surface area contributed by atoms with Gasteiger partial charge < -0.3 is 9.64 Å². The molecule has 0 saturated carbocycles. The van der Waals surface area contributed by atoms with E-state index in [1.807, 2.05) is 4.31 Å². The monoisotopic (exact) mass is 420 g/mol. The summed E-state index contributed by atoms with van der Waals surface area (Å²) in [5, 5.41) is 11.0. The molecule has 0 N–H and O–H groups in total. The van der Waals surface area contributed by atoms with Crippen molar-refractivity contribution in [2.24, 2.45) is 4.99 Å². The Morgan fingerprint density at radius 2 is 1.89 bits per heavy atom. The Balaban J connectivity index is 1.54. The van der Waals surface area contributed by atoms with Crippen LogP contribution in [0.3, 0.4) is 0 Å². The molecule has 2 aliphatic heterocycles. The Morgan fingerprint density at radius 1 is 1.18 bits per heavy atom. The van der Waals surface area contributed by atoms with E-state index in [0.29, 0.717) is 25.6 Å². The summed E-state index contributed by atoms with van der Waals surface area (Å²) >= 11 is 7.74. The van der Waals surface area contributed by atoms with Crippen LogP contribution in [-0.4, -0.2) is 54.1 Å². The lowest BCUT2D eigenvalue weighted by molar-refractivity contribution is -0.384. The molecule has 4 rings (SSSR count). The van der Waals surface area contributed by atoms with Crippen LogP contribution in [0.4, 0.5) is 17.3 Å². The summed E-state index contributed by atoms with van der Waals surface area (Å²) in [6, 6.07) is 6.53. The topological polar surface area (TPSA) is 97.0 Å². The molecule has 9 nitrogen and oxygen atoms in total. The number of morpholine rings is 1. The first-order valence-electron chi connectivity index (χ1n) is 8.65. The van der Waals surface area contributed by atoms with Gasteiger partial charge in [0.1, 0.15) is 12.5 Å². The minimum atomic E-state index is -0.404.